The summed E-state index contributed by atoms with van der Waals surface area (Å²) in [5, 5.41) is 15.3. The molecule has 1 N–H and O–H groups in total. The first-order valence-electron chi connectivity index (χ1n) is 12.8. The first kappa shape index (κ1) is 26.0. The van der Waals surface area contributed by atoms with E-state index in [1.54, 1.807) is 12.1 Å². The highest BCUT2D eigenvalue weighted by Gasteiger charge is 2.28. The fraction of sp³-hybridized carbons (Fsp3) is 0.654. The highest BCUT2D eigenvalue weighted by atomic mass is 19.1. The van der Waals surface area contributed by atoms with Gasteiger partial charge in [0.05, 0.1) is 38.1 Å². The van der Waals surface area contributed by atoms with E-state index < -0.39 is 6.10 Å². The van der Waals surface area contributed by atoms with E-state index >= 15 is 0 Å². The molecular formula is C26H39FN4O4. The second-order valence-electron chi connectivity index (χ2n) is 9.88. The van der Waals surface area contributed by atoms with Crippen LogP contribution in [0.15, 0.2) is 28.8 Å². The van der Waals surface area contributed by atoms with Gasteiger partial charge in [0.25, 0.3) is 0 Å². The van der Waals surface area contributed by atoms with E-state index in [2.05, 4.69) is 33.7 Å². The van der Waals surface area contributed by atoms with Crippen molar-refractivity contribution in [2.24, 2.45) is 5.92 Å². The topological polar surface area (TPSA) is 74.4 Å². The van der Waals surface area contributed by atoms with E-state index in [4.69, 9.17) is 14.0 Å². The smallest absolute Gasteiger partial charge is 0.232 e. The summed E-state index contributed by atoms with van der Waals surface area (Å²) in [6.45, 7) is 12.6. The van der Waals surface area contributed by atoms with Gasteiger partial charge >= 0.3 is 0 Å². The SMILES string of the molecule is CC(C)CCN(Cc1c(-c2ccccc2F)noc1N1CCOCC1)CC(O)CN1CCOCC1. The summed E-state index contributed by atoms with van der Waals surface area (Å²) in [5.41, 5.74) is 1.82. The van der Waals surface area contributed by atoms with Gasteiger partial charge in [-0.25, -0.2) is 4.39 Å². The van der Waals surface area contributed by atoms with Crippen molar-refractivity contribution >= 4 is 5.88 Å². The molecule has 0 aliphatic carbocycles. The number of rotatable bonds is 11. The maximum absolute atomic E-state index is 14.8. The van der Waals surface area contributed by atoms with Crippen LogP contribution in [-0.2, 0) is 16.0 Å². The zero-order valence-electron chi connectivity index (χ0n) is 21.0. The fourth-order valence-corrected chi connectivity index (χ4v) is 4.66. The monoisotopic (exact) mass is 490 g/mol. The molecule has 2 fully saturated rings. The number of ether oxygens (including phenoxy) is 2. The molecule has 2 saturated heterocycles. The Kier molecular flexibility index (Phi) is 9.51. The zero-order valence-corrected chi connectivity index (χ0v) is 21.0. The summed E-state index contributed by atoms with van der Waals surface area (Å²) in [7, 11) is 0. The van der Waals surface area contributed by atoms with E-state index in [1.165, 1.54) is 6.07 Å². The van der Waals surface area contributed by atoms with Gasteiger partial charge in [0, 0.05) is 51.4 Å². The lowest BCUT2D eigenvalue weighted by molar-refractivity contribution is 0.00594. The summed E-state index contributed by atoms with van der Waals surface area (Å²) in [5.74, 6) is 0.876. The number of anilines is 1. The van der Waals surface area contributed by atoms with E-state index in [1.807, 2.05) is 6.07 Å². The Bertz CT molecular complexity index is 913. The molecule has 0 amide bonds. The molecule has 1 aromatic heterocycles. The summed E-state index contributed by atoms with van der Waals surface area (Å²) in [6, 6.07) is 6.68. The highest BCUT2D eigenvalue weighted by Crippen LogP contribution is 2.34. The third-order valence-electron chi connectivity index (χ3n) is 6.64. The van der Waals surface area contributed by atoms with Crippen LogP contribution in [-0.4, -0.2) is 98.4 Å². The van der Waals surface area contributed by atoms with Gasteiger partial charge in [-0.1, -0.05) is 31.1 Å². The standard InChI is InChI=1S/C26H39FN4O4/c1-20(2)7-8-30(18-21(32)17-29-9-13-33-14-10-29)19-23-25(22-5-3-4-6-24(22)27)28-35-26(23)31-11-15-34-16-12-31/h3-6,20-21,32H,7-19H2,1-2H3. The second kappa shape index (κ2) is 12.8. The van der Waals surface area contributed by atoms with Gasteiger partial charge in [0.1, 0.15) is 11.5 Å². The Morgan fingerprint density at radius 1 is 1.06 bits per heavy atom. The molecule has 1 unspecified atom stereocenters. The number of hydrogen-bond acceptors (Lipinski definition) is 8. The van der Waals surface area contributed by atoms with Gasteiger partial charge < -0.3 is 24.0 Å². The van der Waals surface area contributed by atoms with Gasteiger partial charge in [-0.2, -0.15) is 0 Å². The largest absolute Gasteiger partial charge is 0.390 e. The number of aliphatic hydroxyl groups excluding tert-OH is 1. The van der Waals surface area contributed by atoms with Crippen LogP contribution >= 0.6 is 0 Å². The number of β-amino-alcohol motifs (C(OH)–C–C–N with tert-alkyl or cyclic N) is 1. The zero-order chi connectivity index (χ0) is 24.6. The Labute approximate surface area is 207 Å². The highest BCUT2D eigenvalue weighted by molar-refractivity contribution is 5.68. The minimum Gasteiger partial charge on any atom is -0.390 e. The number of aromatic nitrogens is 1. The summed E-state index contributed by atoms with van der Waals surface area (Å²) in [4.78, 5) is 6.63. The molecule has 0 spiro atoms. The van der Waals surface area contributed by atoms with Crippen LogP contribution in [0.4, 0.5) is 10.3 Å². The van der Waals surface area contributed by atoms with Crippen molar-refractivity contribution in [3.63, 3.8) is 0 Å². The lowest BCUT2D eigenvalue weighted by Gasteiger charge is -2.32. The number of halogens is 1. The lowest BCUT2D eigenvalue weighted by Crippen LogP contribution is -2.45. The Balaban J connectivity index is 1.58. The first-order valence-corrected chi connectivity index (χ1v) is 12.8. The van der Waals surface area contributed by atoms with E-state index in [0.717, 1.165) is 31.6 Å². The molecule has 1 aromatic carbocycles. The molecule has 1 atom stereocenters. The minimum absolute atomic E-state index is 0.323. The molecule has 2 aromatic rings. The van der Waals surface area contributed by atoms with Crippen LogP contribution in [0.2, 0.25) is 0 Å². The number of morpholine rings is 2. The van der Waals surface area contributed by atoms with Crippen LogP contribution in [0.1, 0.15) is 25.8 Å². The number of benzene rings is 1. The number of hydrogen-bond donors (Lipinski definition) is 1. The number of aliphatic hydroxyl groups is 1. The van der Waals surface area contributed by atoms with Crippen LogP contribution in [0.25, 0.3) is 11.3 Å². The Hall–Kier alpha value is -2.04. The Morgan fingerprint density at radius 2 is 1.74 bits per heavy atom. The molecule has 35 heavy (non-hydrogen) atoms. The molecular weight excluding hydrogens is 451 g/mol. The fourth-order valence-electron chi connectivity index (χ4n) is 4.66. The Morgan fingerprint density at radius 3 is 2.43 bits per heavy atom. The summed E-state index contributed by atoms with van der Waals surface area (Å²) < 4.78 is 31.6. The van der Waals surface area contributed by atoms with Crippen molar-refractivity contribution in [2.45, 2.75) is 32.9 Å². The molecule has 3 heterocycles. The maximum atomic E-state index is 14.8. The first-order chi connectivity index (χ1) is 17.0. The van der Waals surface area contributed by atoms with Crippen molar-refractivity contribution in [2.75, 3.05) is 77.1 Å². The molecule has 2 aliphatic rings. The lowest BCUT2D eigenvalue weighted by atomic mass is 10.0. The minimum atomic E-state index is -0.496. The van der Waals surface area contributed by atoms with E-state index in [-0.39, 0.29) is 5.82 Å². The molecule has 9 heteroatoms. The average molecular weight is 491 g/mol. The number of nitrogens with zero attached hydrogens (tertiary/aromatic N) is 4. The summed E-state index contributed by atoms with van der Waals surface area (Å²) >= 11 is 0. The van der Waals surface area contributed by atoms with Crippen LogP contribution < -0.4 is 4.90 Å². The molecule has 4 rings (SSSR count). The van der Waals surface area contributed by atoms with Crippen molar-refractivity contribution < 1.29 is 23.5 Å². The predicted molar refractivity (Wildman–Crippen MR) is 133 cm³/mol. The molecule has 0 radical (unpaired) electrons. The van der Waals surface area contributed by atoms with Crippen molar-refractivity contribution in [1.82, 2.24) is 15.0 Å². The molecule has 2 aliphatic heterocycles. The quantitative estimate of drug-likeness (QED) is 0.516. The van der Waals surface area contributed by atoms with Crippen LogP contribution in [0.3, 0.4) is 0 Å². The normalized spacial score (nSPS) is 18.5. The van der Waals surface area contributed by atoms with E-state index in [0.29, 0.717) is 82.2 Å². The van der Waals surface area contributed by atoms with Crippen LogP contribution in [0.5, 0.6) is 0 Å². The molecule has 0 saturated carbocycles. The van der Waals surface area contributed by atoms with Gasteiger partial charge in [-0.3, -0.25) is 9.80 Å². The van der Waals surface area contributed by atoms with Gasteiger partial charge in [0.15, 0.2) is 0 Å². The third kappa shape index (κ3) is 7.24. The van der Waals surface area contributed by atoms with Gasteiger partial charge in [0.2, 0.25) is 5.88 Å². The molecule has 8 nitrogen and oxygen atoms in total. The molecule has 0 bridgehead atoms. The predicted octanol–water partition coefficient (Wildman–Crippen LogP) is 2.86. The summed E-state index contributed by atoms with van der Waals surface area (Å²) in [6.07, 6.45) is 0.501. The van der Waals surface area contributed by atoms with Crippen molar-refractivity contribution in [3.05, 3.63) is 35.6 Å². The van der Waals surface area contributed by atoms with Crippen LogP contribution in [0, 0.1) is 11.7 Å². The van der Waals surface area contributed by atoms with Gasteiger partial charge in [-0.15, -0.1) is 0 Å². The second-order valence-corrected chi connectivity index (χ2v) is 9.88. The average Bonchev–Trinajstić information content (AvgIpc) is 3.27. The van der Waals surface area contributed by atoms with Crippen molar-refractivity contribution in [3.8, 4) is 11.3 Å². The van der Waals surface area contributed by atoms with E-state index in [9.17, 15) is 9.50 Å². The molecule has 194 valence electrons. The van der Waals surface area contributed by atoms with Gasteiger partial charge in [-0.05, 0) is 31.0 Å². The maximum Gasteiger partial charge on any atom is 0.232 e. The van der Waals surface area contributed by atoms with Crippen molar-refractivity contribution in [1.29, 1.82) is 0 Å². The third-order valence-corrected chi connectivity index (χ3v) is 6.64.